The van der Waals surface area contributed by atoms with Gasteiger partial charge >= 0.3 is 0 Å². The van der Waals surface area contributed by atoms with E-state index >= 15 is 0 Å². The lowest BCUT2D eigenvalue weighted by atomic mass is 10.1. The van der Waals surface area contributed by atoms with Crippen LogP contribution >= 0.6 is 11.3 Å². The lowest BCUT2D eigenvalue weighted by Crippen LogP contribution is -2.09. The first-order valence-electron chi connectivity index (χ1n) is 5.44. The maximum atomic E-state index is 13.4. The van der Waals surface area contributed by atoms with Crippen LogP contribution in [0.4, 0.5) is 4.39 Å². The van der Waals surface area contributed by atoms with Gasteiger partial charge in [0, 0.05) is 18.5 Å². The average Bonchev–Trinajstić information content (AvgIpc) is 2.79. The molecular formula is C12H14FN3S. The summed E-state index contributed by atoms with van der Waals surface area (Å²) in [5.74, 6) is -0.200. The summed E-state index contributed by atoms with van der Waals surface area (Å²) in [4.78, 5) is 0. The van der Waals surface area contributed by atoms with Crippen LogP contribution in [0.15, 0.2) is 18.2 Å². The normalized spacial score (nSPS) is 10.8. The lowest BCUT2D eigenvalue weighted by Gasteiger charge is -1.98. The number of nitrogens with one attached hydrogen (secondary N) is 1. The van der Waals surface area contributed by atoms with E-state index in [2.05, 4.69) is 15.5 Å². The van der Waals surface area contributed by atoms with Crippen LogP contribution in [-0.4, -0.2) is 23.8 Å². The molecule has 0 unspecified atom stereocenters. The summed E-state index contributed by atoms with van der Waals surface area (Å²) in [6, 6.07) is 5.15. The van der Waals surface area contributed by atoms with Crippen molar-refractivity contribution in [2.75, 3.05) is 13.6 Å². The zero-order chi connectivity index (χ0) is 12.3. The number of nitrogens with zero attached hydrogens (tertiary/aromatic N) is 2. The van der Waals surface area contributed by atoms with E-state index in [9.17, 15) is 4.39 Å². The molecule has 0 atom stereocenters. The molecule has 0 amide bonds. The van der Waals surface area contributed by atoms with Gasteiger partial charge in [0.15, 0.2) is 0 Å². The van der Waals surface area contributed by atoms with Crippen molar-refractivity contribution in [2.45, 2.75) is 13.3 Å². The van der Waals surface area contributed by atoms with Crippen molar-refractivity contribution in [1.29, 1.82) is 0 Å². The molecule has 1 aromatic carbocycles. The maximum Gasteiger partial charge on any atom is 0.147 e. The van der Waals surface area contributed by atoms with Crippen LogP contribution in [0, 0.1) is 12.7 Å². The van der Waals surface area contributed by atoms with Gasteiger partial charge in [-0.05, 0) is 25.6 Å². The maximum absolute atomic E-state index is 13.4. The molecule has 2 rings (SSSR count). The molecule has 0 aliphatic carbocycles. The smallest absolute Gasteiger partial charge is 0.147 e. The lowest BCUT2D eigenvalue weighted by molar-refractivity contribution is 0.619. The number of aromatic nitrogens is 2. The summed E-state index contributed by atoms with van der Waals surface area (Å²) in [5, 5.41) is 13.0. The standard InChI is InChI=1S/C12H14FN3S/c1-8-3-4-9(7-10(8)13)12-16-15-11(17-12)5-6-14-2/h3-4,7,14H,5-6H2,1-2H3. The SMILES string of the molecule is CNCCc1nnc(-c2ccc(C)c(F)c2)s1. The summed E-state index contributed by atoms with van der Waals surface area (Å²) < 4.78 is 13.4. The Bertz CT molecular complexity index is 510. The molecule has 1 heterocycles. The predicted octanol–water partition coefficient (Wildman–Crippen LogP) is 2.41. The summed E-state index contributed by atoms with van der Waals surface area (Å²) in [5.41, 5.74) is 1.44. The van der Waals surface area contributed by atoms with Gasteiger partial charge in [-0.15, -0.1) is 10.2 Å². The molecule has 5 heteroatoms. The number of hydrogen-bond acceptors (Lipinski definition) is 4. The molecule has 0 saturated heterocycles. The quantitative estimate of drug-likeness (QED) is 0.906. The minimum Gasteiger partial charge on any atom is -0.319 e. The van der Waals surface area contributed by atoms with E-state index in [0.717, 1.165) is 28.5 Å². The van der Waals surface area contributed by atoms with E-state index in [1.807, 2.05) is 13.1 Å². The molecule has 0 radical (unpaired) electrons. The summed E-state index contributed by atoms with van der Waals surface area (Å²) >= 11 is 1.51. The number of benzene rings is 1. The van der Waals surface area contributed by atoms with Crippen molar-refractivity contribution in [2.24, 2.45) is 0 Å². The predicted molar refractivity (Wildman–Crippen MR) is 67.7 cm³/mol. The van der Waals surface area contributed by atoms with Crippen molar-refractivity contribution in [3.05, 3.63) is 34.6 Å². The Hall–Kier alpha value is -1.33. The fraction of sp³-hybridized carbons (Fsp3) is 0.333. The summed E-state index contributed by atoms with van der Waals surface area (Å²) in [6.07, 6.45) is 0.850. The van der Waals surface area contributed by atoms with Gasteiger partial charge in [0.25, 0.3) is 0 Å². The van der Waals surface area contributed by atoms with Crippen molar-refractivity contribution in [3.63, 3.8) is 0 Å². The van der Waals surface area contributed by atoms with E-state index < -0.39 is 0 Å². The highest BCUT2D eigenvalue weighted by Crippen LogP contribution is 2.25. The largest absolute Gasteiger partial charge is 0.319 e. The minimum absolute atomic E-state index is 0.200. The van der Waals surface area contributed by atoms with E-state index in [1.165, 1.54) is 17.4 Å². The van der Waals surface area contributed by atoms with Crippen LogP contribution in [0.1, 0.15) is 10.6 Å². The topological polar surface area (TPSA) is 37.8 Å². The second kappa shape index (κ2) is 5.33. The Morgan fingerprint density at radius 1 is 1.35 bits per heavy atom. The molecule has 0 fully saturated rings. The third-order valence-electron chi connectivity index (χ3n) is 2.47. The fourth-order valence-electron chi connectivity index (χ4n) is 1.43. The Balaban J connectivity index is 2.21. The van der Waals surface area contributed by atoms with Crippen molar-refractivity contribution in [3.8, 4) is 10.6 Å². The average molecular weight is 251 g/mol. The number of halogens is 1. The van der Waals surface area contributed by atoms with Gasteiger partial charge in [-0.3, -0.25) is 0 Å². The number of hydrogen-bond donors (Lipinski definition) is 1. The molecule has 0 bridgehead atoms. The molecule has 0 aliphatic rings. The van der Waals surface area contributed by atoms with Gasteiger partial charge < -0.3 is 5.32 Å². The van der Waals surface area contributed by atoms with Crippen molar-refractivity contribution in [1.82, 2.24) is 15.5 Å². The molecule has 17 heavy (non-hydrogen) atoms. The van der Waals surface area contributed by atoms with E-state index in [0.29, 0.717) is 5.56 Å². The first-order valence-corrected chi connectivity index (χ1v) is 6.26. The van der Waals surface area contributed by atoms with Crippen LogP contribution in [0.5, 0.6) is 0 Å². The Labute approximate surface area is 104 Å². The third-order valence-corrected chi connectivity index (χ3v) is 3.51. The molecule has 1 N–H and O–H groups in total. The fourth-order valence-corrected chi connectivity index (χ4v) is 2.26. The first-order chi connectivity index (χ1) is 8.20. The highest BCUT2D eigenvalue weighted by molar-refractivity contribution is 7.14. The second-order valence-electron chi connectivity index (χ2n) is 3.82. The van der Waals surface area contributed by atoms with Gasteiger partial charge in [0.2, 0.25) is 0 Å². The number of likely N-dealkylation sites (N-methyl/N-ethyl adjacent to an activating group) is 1. The molecule has 3 nitrogen and oxygen atoms in total. The monoisotopic (exact) mass is 251 g/mol. The Kier molecular flexibility index (Phi) is 3.81. The molecule has 0 aliphatic heterocycles. The zero-order valence-corrected chi connectivity index (χ0v) is 10.6. The number of aryl methyl sites for hydroxylation is 1. The van der Waals surface area contributed by atoms with Gasteiger partial charge in [0.05, 0.1) is 0 Å². The van der Waals surface area contributed by atoms with Gasteiger partial charge in [-0.2, -0.15) is 0 Å². The van der Waals surface area contributed by atoms with Crippen LogP contribution in [0.2, 0.25) is 0 Å². The van der Waals surface area contributed by atoms with Gasteiger partial charge in [-0.1, -0.05) is 23.5 Å². The Morgan fingerprint density at radius 3 is 2.88 bits per heavy atom. The molecule has 2 aromatic rings. The summed E-state index contributed by atoms with van der Waals surface area (Å²) in [6.45, 7) is 2.62. The zero-order valence-electron chi connectivity index (χ0n) is 9.83. The van der Waals surface area contributed by atoms with E-state index in [4.69, 9.17) is 0 Å². The van der Waals surface area contributed by atoms with Crippen molar-refractivity contribution < 1.29 is 4.39 Å². The van der Waals surface area contributed by atoms with Gasteiger partial charge in [0.1, 0.15) is 15.8 Å². The van der Waals surface area contributed by atoms with Gasteiger partial charge in [-0.25, -0.2) is 4.39 Å². The second-order valence-corrected chi connectivity index (χ2v) is 4.88. The van der Waals surface area contributed by atoms with Crippen molar-refractivity contribution >= 4 is 11.3 Å². The molecule has 0 spiro atoms. The molecule has 1 aromatic heterocycles. The molecular weight excluding hydrogens is 237 g/mol. The molecule has 90 valence electrons. The minimum atomic E-state index is -0.200. The Morgan fingerprint density at radius 2 is 2.18 bits per heavy atom. The summed E-state index contributed by atoms with van der Waals surface area (Å²) in [7, 11) is 1.90. The van der Waals surface area contributed by atoms with E-state index in [-0.39, 0.29) is 5.82 Å². The third kappa shape index (κ3) is 2.87. The van der Waals surface area contributed by atoms with Crippen LogP contribution in [-0.2, 0) is 6.42 Å². The number of rotatable bonds is 4. The van der Waals surface area contributed by atoms with Crippen LogP contribution in [0.25, 0.3) is 10.6 Å². The first kappa shape index (κ1) is 12.1. The highest BCUT2D eigenvalue weighted by atomic mass is 32.1. The van der Waals surface area contributed by atoms with Crippen LogP contribution in [0.3, 0.4) is 0 Å². The molecule has 0 saturated carbocycles. The van der Waals surface area contributed by atoms with E-state index in [1.54, 1.807) is 13.0 Å². The highest BCUT2D eigenvalue weighted by Gasteiger charge is 2.08. The van der Waals surface area contributed by atoms with Crippen LogP contribution < -0.4 is 5.32 Å².